The lowest BCUT2D eigenvalue weighted by atomic mass is 10.1. The second-order valence-electron chi connectivity index (χ2n) is 4.11. The Morgan fingerprint density at radius 2 is 2.33 bits per heavy atom. The van der Waals surface area contributed by atoms with Gasteiger partial charge >= 0.3 is 0 Å². The molecule has 1 unspecified atom stereocenters. The van der Waals surface area contributed by atoms with E-state index < -0.39 is 0 Å². The van der Waals surface area contributed by atoms with Crippen LogP contribution in [0.1, 0.15) is 18.2 Å². The molecule has 1 atom stereocenters. The highest BCUT2D eigenvalue weighted by atomic mass is 19.1. The maximum atomic E-state index is 13.5. The molecule has 2 N–H and O–H groups in total. The molecule has 0 bridgehead atoms. The van der Waals surface area contributed by atoms with E-state index in [4.69, 9.17) is 5.73 Å². The predicted octanol–water partition coefficient (Wildman–Crippen LogP) is 2.23. The van der Waals surface area contributed by atoms with E-state index in [9.17, 15) is 4.39 Å². The van der Waals surface area contributed by atoms with Gasteiger partial charge in [-0.25, -0.2) is 4.39 Å². The van der Waals surface area contributed by atoms with Gasteiger partial charge in [0.2, 0.25) is 0 Å². The van der Waals surface area contributed by atoms with E-state index in [1.165, 1.54) is 11.8 Å². The third kappa shape index (κ3) is 1.13. The molecule has 0 radical (unpaired) electrons. The molecule has 1 aromatic heterocycles. The van der Waals surface area contributed by atoms with E-state index in [1.54, 1.807) is 6.07 Å². The SMILES string of the molecule is NCC1CCc2cc3c(F)cccc3n21. The Balaban J connectivity index is 2.32. The molecule has 2 nitrogen and oxygen atoms in total. The first-order valence-electron chi connectivity index (χ1n) is 5.29. The summed E-state index contributed by atoms with van der Waals surface area (Å²) in [5.41, 5.74) is 7.92. The molecule has 3 rings (SSSR count). The van der Waals surface area contributed by atoms with Gasteiger partial charge < -0.3 is 10.3 Å². The molecule has 0 saturated heterocycles. The topological polar surface area (TPSA) is 30.9 Å². The van der Waals surface area contributed by atoms with E-state index in [0.717, 1.165) is 23.7 Å². The predicted molar refractivity (Wildman–Crippen MR) is 58.3 cm³/mol. The van der Waals surface area contributed by atoms with Crippen molar-refractivity contribution in [1.82, 2.24) is 4.57 Å². The van der Waals surface area contributed by atoms with Crippen molar-refractivity contribution >= 4 is 10.9 Å². The maximum Gasteiger partial charge on any atom is 0.132 e. The lowest BCUT2D eigenvalue weighted by molar-refractivity contribution is 0.552. The number of hydrogen-bond acceptors (Lipinski definition) is 1. The first-order chi connectivity index (χ1) is 7.31. The number of nitrogens with zero attached hydrogens (tertiary/aromatic N) is 1. The molecule has 1 aromatic carbocycles. The average molecular weight is 204 g/mol. The van der Waals surface area contributed by atoms with E-state index >= 15 is 0 Å². The molecular weight excluding hydrogens is 191 g/mol. The van der Waals surface area contributed by atoms with Gasteiger partial charge in [0, 0.05) is 23.7 Å². The van der Waals surface area contributed by atoms with Gasteiger partial charge in [0.05, 0.1) is 5.52 Å². The summed E-state index contributed by atoms with van der Waals surface area (Å²) in [4.78, 5) is 0. The molecule has 2 aromatic rings. The van der Waals surface area contributed by atoms with Crippen LogP contribution >= 0.6 is 0 Å². The molecule has 0 saturated carbocycles. The van der Waals surface area contributed by atoms with Crippen LogP contribution in [0, 0.1) is 5.82 Å². The summed E-state index contributed by atoms with van der Waals surface area (Å²) < 4.78 is 15.7. The lowest BCUT2D eigenvalue weighted by Gasteiger charge is -2.12. The summed E-state index contributed by atoms with van der Waals surface area (Å²) in [6.45, 7) is 0.632. The van der Waals surface area contributed by atoms with Gasteiger partial charge in [0.1, 0.15) is 5.82 Å². The molecule has 0 aliphatic carbocycles. The van der Waals surface area contributed by atoms with Gasteiger partial charge in [-0.1, -0.05) is 6.07 Å². The molecule has 0 amide bonds. The number of fused-ring (bicyclic) bond motifs is 3. The van der Waals surface area contributed by atoms with Gasteiger partial charge in [0.25, 0.3) is 0 Å². The van der Waals surface area contributed by atoms with Crippen molar-refractivity contribution in [3.05, 3.63) is 35.8 Å². The van der Waals surface area contributed by atoms with Gasteiger partial charge in [-0.15, -0.1) is 0 Å². The highest BCUT2D eigenvalue weighted by Gasteiger charge is 2.23. The van der Waals surface area contributed by atoms with Crippen molar-refractivity contribution in [1.29, 1.82) is 0 Å². The highest BCUT2D eigenvalue weighted by molar-refractivity contribution is 5.82. The van der Waals surface area contributed by atoms with Crippen LogP contribution in [0.5, 0.6) is 0 Å². The van der Waals surface area contributed by atoms with Crippen LogP contribution in [-0.4, -0.2) is 11.1 Å². The molecule has 1 aliphatic heterocycles. The standard InChI is InChI=1S/C12H13FN2/c13-11-2-1-3-12-10(11)6-8-4-5-9(7-14)15(8)12/h1-3,6,9H,4-5,7,14H2. The summed E-state index contributed by atoms with van der Waals surface area (Å²) in [5, 5.41) is 0.727. The minimum absolute atomic E-state index is 0.134. The van der Waals surface area contributed by atoms with Crippen molar-refractivity contribution in [2.45, 2.75) is 18.9 Å². The van der Waals surface area contributed by atoms with Crippen LogP contribution in [0.15, 0.2) is 24.3 Å². The van der Waals surface area contributed by atoms with Crippen LogP contribution in [0.3, 0.4) is 0 Å². The van der Waals surface area contributed by atoms with Crippen molar-refractivity contribution in [3.8, 4) is 0 Å². The Kier molecular flexibility index (Phi) is 1.83. The first kappa shape index (κ1) is 8.92. The van der Waals surface area contributed by atoms with Crippen molar-refractivity contribution in [3.63, 3.8) is 0 Å². The Morgan fingerprint density at radius 3 is 3.13 bits per heavy atom. The molecule has 3 heteroatoms. The smallest absolute Gasteiger partial charge is 0.132 e. The quantitative estimate of drug-likeness (QED) is 0.758. The van der Waals surface area contributed by atoms with Crippen LogP contribution < -0.4 is 5.73 Å². The van der Waals surface area contributed by atoms with E-state index in [2.05, 4.69) is 4.57 Å². The van der Waals surface area contributed by atoms with E-state index in [-0.39, 0.29) is 5.82 Å². The van der Waals surface area contributed by atoms with Gasteiger partial charge in [0.15, 0.2) is 0 Å². The Bertz CT molecular complexity index is 516. The highest BCUT2D eigenvalue weighted by Crippen LogP contribution is 2.33. The van der Waals surface area contributed by atoms with Crippen molar-refractivity contribution < 1.29 is 4.39 Å². The number of rotatable bonds is 1. The summed E-state index contributed by atoms with van der Waals surface area (Å²) in [5.74, 6) is -0.134. The maximum absolute atomic E-state index is 13.5. The number of hydrogen-bond donors (Lipinski definition) is 1. The number of aryl methyl sites for hydroxylation is 1. The summed E-state index contributed by atoms with van der Waals surface area (Å²) in [6.07, 6.45) is 2.09. The monoisotopic (exact) mass is 204 g/mol. The van der Waals surface area contributed by atoms with Gasteiger partial charge in [-0.3, -0.25) is 0 Å². The van der Waals surface area contributed by atoms with Crippen molar-refractivity contribution in [2.75, 3.05) is 6.54 Å². The molecule has 0 fully saturated rings. The number of aromatic nitrogens is 1. The fourth-order valence-electron chi connectivity index (χ4n) is 2.56. The third-order valence-electron chi connectivity index (χ3n) is 3.28. The summed E-state index contributed by atoms with van der Waals surface area (Å²) in [7, 11) is 0. The zero-order valence-corrected chi connectivity index (χ0v) is 8.41. The summed E-state index contributed by atoms with van der Waals surface area (Å²) >= 11 is 0. The molecule has 78 valence electrons. The number of benzene rings is 1. The summed E-state index contributed by atoms with van der Waals surface area (Å²) in [6, 6.07) is 7.54. The van der Waals surface area contributed by atoms with Gasteiger partial charge in [-0.2, -0.15) is 0 Å². The molecule has 2 heterocycles. The largest absolute Gasteiger partial charge is 0.340 e. The van der Waals surface area contributed by atoms with Crippen LogP contribution in [0.25, 0.3) is 10.9 Å². The first-order valence-corrected chi connectivity index (χ1v) is 5.29. The molecular formula is C12H13FN2. The minimum atomic E-state index is -0.134. The second-order valence-corrected chi connectivity index (χ2v) is 4.11. The van der Waals surface area contributed by atoms with Crippen molar-refractivity contribution in [2.24, 2.45) is 5.73 Å². The Morgan fingerprint density at radius 1 is 1.47 bits per heavy atom. The lowest BCUT2D eigenvalue weighted by Crippen LogP contribution is -2.15. The van der Waals surface area contributed by atoms with Crippen LogP contribution in [0.2, 0.25) is 0 Å². The number of nitrogens with two attached hydrogens (primary N) is 1. The Hall–Kier alpha value is -1.35. The van der Waals surface area contributed by atoms with Gasteiger partial charge in [-0.05, 0) is 31.0 Å². The van der Waals surface area contributed by atoms with Crippen LogP contribution in [-0.2, 0) is 6.42 Å². The van der Waals surface area contributed by atoms with E-state index in [1.807, 2.05) is 12.1 Å². The second kappa shape index (κ2) is 3.07. The minimum Gasteiger partial charge on any atom is -0.340 e. The Labute approximate surface area is 87.5 Å². The third-order valence-corrected chi connectivity index (χ3v) is 3.28. The molecule has 1 aliphatic rings. The number of halogens is 1. The fourth-order valence-corrected chi connectivity index (χ4v) is 2.56. The average Bonchev–Trinajstić information content (AvgIpc) is 2.77. The molecule has 0 spiro atoms. The normalized spacial score (nSPS) is 19.7. The van der Waals surface area contributed by atoms with E-state index in [0.29, 0.717) is 12.6 Å². The fraction of sp³-hybridized carbons (Fsp3) is 0.333. The molecule has 15 heavy (non-hydrogen) atoms. The zero-order chi connectivity index (χ0) is 10.4. The van der Waals surface area contributed by atoms with Crippen LogP contribution in [0.4, 0.5) is 4.39 Å². The zero-order valence-electron chi connectivity index (χ0n) is 8.41.